The molecule has 0 radical (unpaired) electrons. The summed E-state index contributed by atoms with van der Waals surface area (Å²) < 4.78 is 6.47. The van der Waals surface area contributed by atoms with Crippen molar-refractivity contribution in [1.29, 1.82) is 5.26 Å². The number of likely N-dealkylation sites (N-methyl/N-ethyl adjacent to an activating group) is 1. The van der Waals surface area contributed by atoms with Gasteiger partial charge in [0.15, 0.2) is 0 Å². The molecule has 4 heterocycles. The van der Waals surface area contributed by atoms with E-state index in [4.69, 9.17) is 14.7 Å². The number of benzene rings is 1. The summed E-state index contributed by atoms with van der Waals surface area (Å²) in [5.74, 6) is 0.893. The second kappa shape index (κ2) is 15.0. The maximum Gasteiger partial charge on any atom is 0.318 e. The molecule has 1 aromatic heterocycles. The summed E-state index contributed by atoms with van der Waals surface area (Å²) in [4.78, 5) is 34.7. The van der Waals surface area contributed by atoms with Crippen LogP contribution in [-0.2, 0) is 24.1 Å². The molecule has 252 valence electrons. The maximum atomic E-state index is 13.2. The van der Waals surface area contributed by atoms with E-state index in [0.29, 0.717) is 56.9 Å². The SMILES string of the molecule is CC(C)N1CCCC1COc1nc2c(c(N3CCN(C(=O)C=CCN(C)C)C(CC#N)C3)n1)CCC(N1CCCc3ccccc31)C2. The van der Waals surface area contributed by atoms with Crippen molar-refractivity contribution >= 4 is 17.4 Å². The fourth-order valence-corrected chi connectivity index (χ4v) is 8.06. The first-order chi connectivity index (χ1) is 22.8. The van der Waals surface area contributed by atoms with E-state index in [1.807, 2.05) is 30.0 Å². The first kappa shape index (κ1) is 33.2. The van der Waals surface area contributed by atoms with E-state index in [0.717, 1.165) is 56.7 Å². The number of hydrogen-bond acceptors (Lipinski definition) is 9. The molecule has 1 aromatic carbocycles. The number of anilines is 2. The first-order valence-electron chi connectivity index (χ1n) is 17.7. The van der Waals surface area contributed by atoms with Crippen LogP contribution in [-0.4, -0.2) is 115 Å². The van der Waals surface area contributed by atoms with Crippen LogP contribution in [0.15, 0.2) is 36.4 Å². The highest BCUT2D eigenvalue weighted by molar-refractivity contribution is 5.88. The molecule has 3 atom stereocenters. The number of likely N-dealkylation sites (tertiary alicyclic amines) is 1. The lowest BCUT2D eigenvalue weighted by atomic mass is 9.88. The molecule has 0 N–H and O–H groups in total. The molecule has 47 heavy (non-hydrogen) atoms. The average molecular weight is 641 g/mol. The molecular weight excluding hydrogens is 588 g/mol. The Morgan fingerprint density at radius 1 is 1.09 bits per heavy atom. The van der Waals surface area contributed by atoms with Gasteiger partial charge in [0, 0.05) is 74.6 Å². The van der Waals surface area contributed by atoms with E-state index in [-0.39, 0.29) is 18.4 Å². The molecule has 2 aromatic rings. The van der Waals surface area contributed by atoms with Crippen LogP contribution in [0, 0.1) is 11.3 Å². The second-order valence-electron chi connectivity index (χ2n) is 14.2. The second-order valence-corrected chi connectivity index (χ2v) is 14.2. The first-order valence-corrected chi connectivity index (χ1v) is 17.7. The van der Waals surface area contributed by atoms with Gasteiger partial charge < -0.3 is 24.3 Å². The lowest BCUT2D eigenvalue weighted by Gasteiger charge is -2.43. The van der Waals surface area contributed by atoms with Crippen molar-refractivity contribution in [3.05, 3.63) is 53.2 Å². The summed E-state index contributed by atoms with van der Waals surface area (Å²) in [6.07, 6.45) is 11.2. The normalized spacial score (nSPS) is 23.3. The van der Waals surface area contributed by atoms with Crippen molar-refractivity contribution in [1.82, 2.24) is 24.7 Å². The summed E-state index contributed by atoms with van der Waals surface area (Å²) in [5, 5.41) is 9.73. The number of amides is 1. The Morgan fingerprint density at radius 3 is 2.74 bits per heavy atom. The quantitative estimate of drug-likeness (QED) is 0.356. The summed E-state index contributed by atoms with van der Waals surface area (Å²) >= 11 is 0. The minimum atomic E-state index is -0.209. The van der Waals surface area contributed by atoms with Crippen LogP contribution in [0.4, 0.5) is 11.5 Å². The predicted octanol–water partition coefficient (Wildman–Crippen LogP) is 4.09. The third kappa shape index (κ3) is 7.57. The molecule has 0 saturated carbocycles. The third-order valence-electron chi connectivity index (χ3n) is 10.4. The lowest BCUT2D eigenvalue weighted by Crippen LogP contribution is -2.55. The Balaban J connectivity index is 1.26. The number of nitriles is 1. The van der Waals surface area contributed by atoms with Crippen molar-refractivity contribution in [2.24, 2.45) is 0 Å². The molecule has 0 bridgehead atoms. The largest absolute Gasteiger partial charge is 0.462 e. The minimum absolute atomic E-state index is 0.0311. The van der Waals surface area contributed by atoms with Crippen LogP contribution in [0.25, 0.3) is 0 Å². The number of aromatic nitrogens is 2. The Kier molecular flexibility index (Phi) is 10.6. The number of fused-ring (bicyclic) bond motifs is 2. The fourth-order valence-electron chi connectivity index (χ4n) is 8.06. The van der Waals surface area contributed by atoms with Crippen LogP contribution < -0.4 is 14.5 Å². The molecule has 3 unspecified atom stereocenters. The Hall–Kier alpha value is -3.68. The van der Waals surface area contributed by atoms with E-state index in [2.05, 4.69) is 58.9 Å². The predicted molar refractivity (Wildman–Crippen MR) is 186 cm³/mol. The van der Waals surface area contributed by atoms with E-state index in [1.165, 1.54) is 29.7 Å². The number of para-hydroxylation sites is 1. The fraction of sp³-hybridized carbons (Fsp3) is 0.622. The van der Waals surface area contributed by atoms with Crippen molar-refractivity contribution in [2.75, 3.05) is 69.8 Å². The summed E-state index contributed by atoms with van der Waals surface area (Å²) in [5.41, 5.74) is 5.09. The molecule has 2 fully saturated rings. The van der Waals surface area contributed by atoms with E-state index in [9.17, 15) is 10.1 Å². The molecule has 10 nitrogen and oxygen atoms in total. The number of piperazine rings is 1. The topological polar surface area (TPSA) is 92.1 Å². The number of carbonyl (C=O) groups excluding carboxylic acids is 1. The lowest BCUT2D eigenvalue weighted by molar-refractivity contribution is -0.128. The van der Waals surface area contributed by atoms with E-state index < -0.39 is 0 Å². The van der Waals surface area contributed by atoms with Crippen molar-refractivity contribution in [3.8, 4) is 12.1 Å². The number of carbonyl (C=O) groups is 1. The van der Waals surface area contributed by atoms with E-state index >= 15 is 0 Å². The highest BCUT2D eigenvalue weighted by Crippen LogP contribution is 2.37. The van der Waals surface area contributed by atoms with E-state index in [1.54, 1.807) is 6.08 Å². The number of aryl methyl sites for hydroxylation is 1. The number of nitrogens with zero attached hydrogens (tertiary/aromatic N) is 8. The van der Waals surface area contributed by atoms with Crippen LogP contribution >= 0.6 is 0 Å². The Labute approximate surface area is 281 Å². The molecule has 10 heteroatoms. The Morgan fingerprint density at radius 2 is 1.94 bits per heavy atom. The molecule has 1 aliphatic carbocycles. The smallest absolute Gasteiger partial charge is 0.318 e. The third-order valence-corrected chi connectivity index (χ3v) is 10.4. The van der Waals surface area contributed by atoms with Crippen LogP contribution in [0.5, 0.6) is 6.01 Å². The number of rotatable bonds is 10. The molecule has 3 aliphatic heterocycles. The summed E-state index contributed by atoms with van der Waals surface area (Å²) in [6, 6.07) is 12.7. The minimum Gasteiger partial charge on any atom is -0.462 e. The van der Waals surface area contributed by atoms with Crippen molar-refractivity contribution < 1.29 is 9.53 Å². The molecular formula is C37H52N8O2. The van der Waals surface area contributed by atoms with Crippen molar-refractivity contribution in [3.63, 3.8) is 0 Å². The molecule has 4 aliphatic rings. The average Bonchev–Trinajstić information content (AvgIpc) is 3.56. The van der Waals surface area contributed by atoms with Gasteiger partial charge in [-0.2, -0.15) is 15.2 Å². The van der Waals surface area contributed by atoms with Gasteiger partial charge in [-0.15, -0.1) is 0 Å². The van der Waals surface area contributed by atoms with Crippen LogP contribution in [0.3, 0.4) is 0 Å². The van der Waals surface area contributed by atoms with Gasteiger partial charge in [0.25, 0.3) is 0 Å². The van der Waals surface area contributed by atoms with Gasteiger partial charge in [0.2, 0.25) is 5.91 Å². The molecule has 0 spiro atoms. The summed E-state index contributed by atoms with van der Waals surface area (Å²) in [7, 11) is 3.96. The zero-order chi connectivity index (χ0) is 32.9. The van der Waals surface area contributed by atoms with Gasteiger partial charge in [-0.3, -0.25) is 9.69 Å². The number of ether oxygens (including phenoxy) is 1. The monoisotopic (exact) mass is 640 g/mol. The molecule has 2 saturated heterocycles. The highest BCUT2D eigenvalue weighted by Gasteiger charge is 2.36. The van der Waals surface area contributed by atoms with Crippen LogP contribution in [0.1, 0.15) is 62.8 Å². The van der Waals surface area contributed by atoms with Gasteiger partial charge >= 0.3 is 6.01 Å². The number of hydrogen-bond donors (Lipinski definition) is 0. The zero-order valence-corrected chi connectivity index (χ0v) is 28.8. The molecule has 6 rings (SSSR count). The molecule has 1 amide bonds. The maximum absolute atomic E-state index is 13.2. The van der Waals surface area contributed by atoms with Gasteiger partial charge in [0.05, 0.1) is 24.2 Å². The standard InChI is InChI=1S/C37H52N8O2/c1-27(2)43-20-8-12-31(43)26-47-37-39-33-24-29(44-21-7-11-28-10-5-6-13-34(28)44)15-16-32(33)36(40-37)42-22-23-45(30(25-42)17-18-38)35(46)14-9-19-41(3)4/h5-6,9-10,13-14,27,29-31H,7-8,11-12,15-17,19-26H2,1-4H3. The highest BCUT2D eigenvalue weighted by atomic mass is 16.5. The van der Waals surface area contributed by atoms with Gasteiger partial charge in [-0.1, -0.05) is 24.3 Å². The summed E-state index contributed by atoms with van der Waals surface area (Å²) in [6.45, 7) is 9.73. The van der Waals surface area contributed by atoms with Gasteiger partial charge in [-0.05, 0) is 84.6 Å². The van der Waals surface area contributed by atoms with Crippen molar-refractivity contribution in [2.45, 2.75) is 89.4 Å². The zero-order valence-electron chi connectivity index (χ0n) is 28.8. The van der Waals surface area contributed by atoms with Gasteiger partial charge in [0.1, 0.15) is 12.4 Å². The van der Waals surface area contributed by atoms with Crippen LogP contribution in [0.2, 0.25) is 0 Å². The van der Waals surface area contributed by atoms with Gasteiger partial charge in [-0.25, -0.2) is 0 Å². The Bertz CT molecular complexity index is 1470.